The van der Waals surface area contributed by atoms with Gasteiger partial charge >= 0.3 is 0 Å². The Morgan fingerprint density at radius 3 is 2.93 bits per heavy atom. The van der Waals surface area contributed by atoms with E-state index in [9.17, 15) is 0 Å². The first kappa shape index (κ1) is 10.1. The summed E-state index contributed by atoms with van der Waals surface area (Å²) in [5.41, 5.74) is 2.47. The fraction of sp³-hybridized carbons (Fsp3) is 0.727. The number of hydrogen-bond donors (Lipinski definition) is 1. The second kappa shape index (κ2) is 3.99. The van der Waals surface area contributed by atoms with Crippen LogP contribution in [0.15, 0.2) is 11.7 Å². The van der Waals surface area contributed by atoms with E-state index in [1.165, 1.54) is 24.1 Å². The van der Waals surface area contributed by atoms with Crippen molar-refractivity contribution in [1.29, 1.82) is 0 Å². The molecule has 0 spiro atoms. The quantitative estimate of drug-likeness (QED) is 0.826. The normalized spacial score (nSPS) is 21.6. The van der Waals surface area contributed by atoms with E-state index < -0.39 is 0 Å². The Hall–Kier alpha value is -0.410. The molecule has 1 heterocycles. The van der Waals surface area contributed by atoms with Gasteiger partial charge in [0.2, 0.25) is 0 Å². The summed E-state index contributed by atoms with van der Waals surface area (Å²) in [6, 6.07) is 0.458. The minimum absolute atomic E-state index is 0.458. The van der Waals surface area contributed by atoms with Crippen molar-refractivity contribution in [2.75, 3.05) is 6.54 Å². The second-order valence-electron chi connectivity index (χ2n) is 4.67. The van der Waals surface area contributed by atoms with Crippen molar-refractivity contribution in [2.45, 2.75) is 39.2 Å². The van der Waals surface area contributed by atoms with Crippen LogP contribution in [0.25, 0.3) is 0 Å². The van der Waals surface area contributed by atoms with Crippen molar-refractivity contribution < 1.29 is 0 Å². The summed E-state index contributed by atoms with van der Waals surface area (Å²) in [4.78, 5) is 5.44. The molecule has 1 fully saturated rings. The zero-order valence-corrected chi connectivity index (χ0v) is 9.73. The van der Waals surface area contributed by atoms with Crippen LogP contribution in [-0.4, -0.2) is 11.5 Å². The van der Waals surface area contributed by atoms with Crippen LogP contribution in [0.4, 0.5) is 0 Å². The number of nitrogens with zero attached hydrogens (tertiary/aromatic N) is 1. The first-order valence-electron chi connectivity index (χ1n) is 5.31. The van der Waals surface area contributed by atoms with Gasteiger partial charge in [-0.3, -0.25) is 4.98 Å². The number of aromatic nitrogens is 1. The fourth-order valence-electron chi connectivity index (χ4n) is 1.90. The molecule has 1 aliphatic carbocycles. The SMILES string of the molecule is CC(NCC1(C)CCC1)c1cncs1. The predicted octanol–water partition coefficient (Wildman–Crippen LogP) is 2.98. The molecular formula is C11H18N2S. The van der Waals surface area contributed by atoms with Crippen LogP contribution in [0, 0.1) is 5.41 Å². The Morgan fingerprint density at radius 2 is 2.43 bits per heavy atom. The van der Waals surface area contributed by atoms with Crippen molar-refractivity contribution in [3.63, 3.8) is 0 Å². The van der Waals surface area contributed by atoms with Crippen LogP contribution >= 0.6 is 11.3 Å². The minimum Gasteiger partial charge on any atom is -0.309 e. The summed E-state index contributed by atoms with van der Waals surface area (Å²) >= 11 is 1.73. The highest BCUT2D eigenvalue weighted by molar-refractivity contribution is 7.09. The number of nitrogens with one attached hydrogen (secondary N) is 1. The Kier molecular flexibility index (Phi) is 2.88. The Morgan fingerprint density at radius 1 is 1.64 bits per heavy atom. The first-order valence-corrected chi connectivity index (χ1v) is 6.19. The van der Waals surface area contributed by atoms with Crippen LogP contribution in [0.1, 0.15) is 44.0 Å². The molecule has 1 aromatic heterocycles. The second-order valence-corrected chi connectivity index (χ2v) is 5.59. The molecule has 1 aromatic rings. The lowest BCUT2D eigenvalue weighted by molar-refractivity contribution is 0.152. The first-order chi connectivity index (χ1) is 6.70. The molecule has 1 aliphatic rings. The van der Waals surface area contributed by atoms with E-state index in [4.69, 9.17) is 0 Å². The van der Waals surface area contributed by atoms with Gasteiger partial charge in [0, 0.05) is 23.7 Å². The lowest BCUT2D eigenvalue weighted by atomic mass is 9.70. The number of rotatable bonds is 4. The smallest absolute Gasteiger partial charge is 0.0794 e. The maximum Gasteiger partial charge on any atom is 0.0794 e. The third kappa shape index (κ3) is 2.15. The summed E-state index contributed by atoms with van der Waals surface area (Å²) in [6.07, 6.45) is 6.14. The molecule has 0 bridgehead atoms. The molecule has 0 amide bonds. The maximum atomic E-state index is 4.10. The number of thiazole rings is 1. The molecule has 1 N–H and O–H groups in total. The molecule has 2 rings (SSSR count). The zero-order valence-electron chi connectivity index (χ0n) is 8.92. The molecule has 0 radical (unpaired) electrons. The lowest BCUT2D eigenvalue weighted by Gasteiger charge is -2.39. The lowest BCUT2D eigenvalue weighted by Crippen LogP contribution is -2.38. The summed E-state index contributed by atoms with van der Waals surface area (Å²) in [5, 5.41) is 3.60. The monoisotopic (exact) mass is 210 g/mol. The van der Waals surface area contributed by atoms with Crippen molar-refractivity contribution >= 4 is 11.3 Å². The van der Waals surface area contributed by atoms with Gasteiger partial charge in [-0.15, -0.1) is 11.3 Å². The summed E-state index contributed by atoms with van der Waals surface area (Å²) in [7, 11) is 0. The maximum absolute atomic E-state index is 4.10. The predicted molar refractivity (Wildman–Crippen MR) is 60.5 cm³/mol. The van der Waals surface area contributed by atoms with Gasteiger partial charge in [-0.25, -0.2) is 0 Å². The summed E-state index contributed by atoms with van der Waals surface area (Å²) < 4.78 is 0. The van der Waals surface area contributed by atoms with Crippen LogP contribution in [0.3, 0.4) is 0 Å². The highest BCUT2D eigenvalue weighted by Crippen LogP contribution is 2.39. The van der Waals surface area contributed by atoms with Gasteiger partial charge < -0.3 is 5.32 Å². The molecule has 2 nitrogen and oxygen atoms in total. The van der Waals surface area contributed by atoms with Crippen LogP contribution in [0.5, 0.6) is 0 Å². The van der Waals surface area contributed by atoms with Crippen molar-refractivity contribution in [3.05, 3.63) is 16.6 Å². The van der Waals surface area contributed by atoms with E-state index in [2.05, 4.69) is 24.1 Å². The van der Waals surface area contributed by atoms with Gasteiger partial charge in [0.05, 0.1) is 5.51 Å². The van der Waals surface area contributed by atoms with Gasteiger partial charge in [-0.05, 0) is 25.2 Å². The van der Waals surface area contributed by atoms with Gasteiger partial charge in [0.1, 0.15) is 0 Å². The molecule has 1 saturated carbocycles. The molecule has 78 valence electrons. The van der Waals surface area contributed by atoms with Gasteiger partial charge in [0.25, 0.3) is 0 Å². The largest absolute Gasteiger partial charge is 0.309 e. The van der Waals surface area contributed by atoms with Crippen LogP contribution in [-0.2, 0) is 0 Å². The summed E-state index contributed by atoms with van der Waals surface area (Å²) in [6.45, 7) is 5.74. The van der Waals surface area contributed by atoms with Gasteiger partial charge in [0.15, 0.2) is 0 Å². The molecule has 0 aliphatic heterocycles. The topological polar surface area (TPSA) is 24.9 Å². The van der Waals surface area contributed by atoms with Gasteiger partial charge in [-0.2, -0.15) is 0 Å². The molecule has 0 saturated heterocycles. The number of hydrogen-bond acceptors (Lipinski definition) is 3. The molecule has 14 heavy (non-hydrogen) atoms. The van der Waals surface area contributed by atoms with Crippen LogP contribution < -0.4 is 5.32 Å². The molecule has 1 atom stereocenters. The molecule has 3 heteroatoms. The van der Waals surface area contributed by atoms with Crippen LogP contribution in [0.2, 0.25) is 0 Å². The average molecular weight is 210 g/mol. The van der Waals surface area contributed by atoms with E-state index >= 15 is 0 Å². The molecule has 0 aromatic carbocycles. The molecule has 1 unspecified atom stereocenters. The molecular weight excluding hydrogens is 192 g/mol. The highest BCUT2D eigenvalue weighted by Gasteiger charge is 2.31. The van der Waals surface area contributed by atoms with Crippen molar-refractivity contribution in [1.82, 2.24) is 10.3 Å². The Balaban J connectivity index is 1.80. The third-order valence-electron chi connectivity index (χ3n) is 3.27. The van der Waals surface area contributed by atoms with E-state index in [0.717, 1.165) is 6.54 Å². The standard InChI is InChI=1S/C11H18N2S/c1-9(10-6-12-8-14-10)13-7-11(2)4-3-5-11/h6,8-9,13H,3-5,7H2,1-2H3. The zero-order chi connectivity index (χ0) is 10.0. The minimum atomic E-state index is 0.458. The van der Waals surface area contributed by atoms with E-state index in [-0.39, 0.29) is 0 Å². The highest BCUT2D eigenvalue weighted by atomic mass is 32.1. The summed E-state index contributed by atoms with van der Waals surface area (Å²) in [5.74, 6) is 0. The Bertz CT molecular complexity index is 277. The average Bonchev–Trinajstić information content (AvgIpc) is 2.63. The third-order valence-corrected chi connectivity index (χ3v) is 4.23. The van der Waals surface area contributed by atoms with Crippen molar-refractivity contribution in [2.24, 2.45) is 5.41 Å². The van der Waals surface area contributed by atoms with Gasteiger partial charge in [-0.1, -0.05) is 13.3 Å². The van der Waals surface area contributed by atoms with E-state index in [1.807, 2.05) is 11.7 Å². The van der Waals surface area contributed by atoms with E-state index in [1.54, 1.807) is 11.3 Å². The van der Waals surface area contributed by atoms with Crippen molar-refractivity contribution in [3.8, 4) is 0 Å². The van der Waals surface area contributed by atoms with E-state index in [0.29, 0.717) is 11.5 Å². The fourth-order valence-corrected chi connectivity index (χ4v) is 2.55. The Labute approximate surface area is 89.8 Å².